The zero-order valence-corrected chi connectivity index (χ0v) is 19.0. The van der Waals surface area contributed by atoms with Crippen LogP contribution in [0.5, 0.6) is 0 Å². The molecular formula is C28H32O4. The molecule has 3 aromatic carbocycles. The predicted octanol–water partition coefficient (Wildman–Crippen LogP) is 6.07. The van der Waals surface area contributed by atoms with E-state index in [2.05, 4.69) is 6.92 Å². The van der Waals surface area contributed by atoms with Crippen molar-refractivity contribution in [2.75, 3.05) is 6.61 Å². The lowest BCUT2D eigenvalue weighted by atomic mass is 9.97. The molecule has 4 heteroatoms. The maximum atomic E-state index is 12.6. The molecule has 0 amide bonds. The Kier molecular flexibility index (Phi) is 9.99. The van der Waals surface area contributed by atoms with Crippen LogP contribution in [0.2, 0.25) is 0 Å². The fourth-order valence-electron chi connectivity index (χ4n) is 2.99. The van der Waals surface area contributed by atoms with Crippen LogP contribution in [-0.4, -0.2) is 28.9 Å². The number of Topliss-reactive ketones (excluding diaryl/α,β-unsaturated/α-hetero) is 2. The van der Waals surface area contributed by atoms with Crippen molar-refractivity contribution in [1.82, 2.24) is 0 Å². The summed E-state index contributed by atoms with van der Waals surface area (Å²) in [6.07, 6.45) is 1.51. The first-order chi connectivity index (χ1) is 15.3. The quantitative estimate of drug-likeness (QED) is 0.329. The van der Waals surface area contributed by atoms with Gasteiger partial charge in [0.2, 0.25) is 0 Å². The van der Waals surface area contributed by atoms with Gasteiger partial charge in [0.1, 0.15) is 11.7 Å². The molecule has 1 unspecified atom stereocenters. The standard InChI is InChI=1S/C18H20O2.C10H12O2/c1-2-3-14-20-18(16-12-8-5-9-13-16)17(19)15-10-6-4-7-11-15;1-10(2,12)9(11)8-6-4-3-5-7-8/h4-13,18H,2-3,14H2,1H3;3-7,12H,1-2H3. The largest absolute Gasteiger partial charge is 0.382 e. The molecule has 0 aliphatic carbocycles. The summed E-state index contributed by atoms with van der Waals surface area (Å²) in [5, 5.41) is 9.39. The Morgan fingerprint density at radius 1 is 0.812 bits per heavy atom. The number of ether oxygens (including phenoxy) is 1. The van der Waals surface area contributed by atoms with E-state index in [1.165, 1.54) is 13.8 Å². The topological polar surface area (TPSA) is 63.6 Å². The zero-order chi connectivity index (χ0) is 23.4. The molecule has 0 bridgehead atoms. The van der Waals surface area contributed by atoms with Gasteiger partial charge in [0, 0.05) is 17.7 Å². The van der Waals surface area contributed by atoms with Crippen molar-refractivity contribution in [2.45, 2.75) is 45.3 Å². The van der Waals surface area contributed by atoms with Gasteiger partial charge in [0.15, 0.2) is 11.6 Å². The molecule has 0 spiro atoms. The molecule has 32 heavy (non-hydrogen) atoms. The van der Waals surface area contributed by atoms with Gasteiger partial charge in [-0.15, -0.1) is 0 Å². The molecule has 0 heterocycles. The van der Waals surface area contributed by atoms with Crippen molar-refractivity contribution in [3.8, 4) is 0 Å². The predicted molar refractivity (Wildman–Crippen MR) is 128 cm³/mol. The van der Waals surface area contributed by atoms with Gasteiger partial charge in [-0.05, 0) is 25.8 Å². The van der Waals surface area contributed by atoms with Crippen LogP contribution in [0.15, 0.2) is 91.0 Å². The van der Waals surface area contributed by atoms with Crippen molar-refractivity contribution in [3.05, 3.63) is 108 Å². The summed E-state index contributed by atoms with van der Waals surface area (Å²) in [7, 11) is 0. The van der Waals surface area contributed by atoms with Crippen molar-refractivity contribution < 1.29 is 19.4 Å². The SMILES string of the molecule is CC(C)(O)C(=O)c1ccccc1.CCCCOC(C(=O)c1ccccc1)c1ccccc1. The number of aliphatic hydroxyl groups is 1. The van der Waals surface area contributed by atoms with Crippen molar-refractivity contribution in [1.29, 1.82) is 0 Å². The van der Waals surface area contributed by atoms with Gasteiger partial charge in [0.25, 0.3) is 0 Å². The van der Waals surface area contributed by atoms with Gasteiger partial charge >= 0.3 is 0 Å². The molecule has 0 aliphatic heterocycles. The first kappa shape index (κ1) is 25.2. The van der Waals surface area contributed by atoms with Crippen LogP contribution in [0, 0.1) is 0 Å². The molecule has 4 nitrogen and oxygen atoms in total. The average molecular weight is 433 g/mol. The summed E-state index contributed by atoms with van der Waals surface area (Å²) in [6, 6.07) is 27.8. The van der Waals surface area contributed by atoms with Gasteiger partial charge in [-0.3, -0.25) is 9.59 Å². The number of hydrogen-bond acceptors (Lipinski definition) is 4. The minimum Gasteiger partial charge on any atom is -0.382 e. The first-order valence-corrected chi connectivity index (χ1v) is 10.9. The molecule has 3 aromatic rings. The zero-order valence-electron chi connectivity index (χ0n) is 19.0. The highest BCUT2D eigenvalue weighted by atomic mass is 16.5. The third kappa shape index (κ3) is 7.88. The maximum Gasteiger partial charge on any atom is 0.196 e. The summed E-state index contributed by atoms with van der Waals surface area (Å²) >= 11 is 0. The highest BCUT2D eigenvalue weighted by Crippen LogP contribution is 2.22. The Bertz CT molecular complexity index is 945. The molecule has 0 aromatic heterocycles. The second-order valence-electron chi connectivity index (χ2n) is 8.00. The van der Waals surface area contributed by atoms with Crippen molar-refractivity contribution >= 4 is 11.6 Å². The van der Waals surface area contributed by atoms with E-state index < -0.39 is 11.7 Å². The third-order valence-electron chi connectivity index (χ3n) is 4.77. The lowest BCUT2D eigenvalue weighted by molar-refractivity contribution is 0.0395. The molecule has 1 atom stereocenters. The summed E-state index contributed by atoms with van der Waals surface area (Å²) in [5.41, 5.74) is 0.877. The second kappa shape index (κ2) is 12.7. The van der Waals surface area contributed by atoms with E-state index in [4.69, 9.17) is 4.74 Å². The molecular weight excluding hydrogens is 400 g/mol. The lowest BCUT2D eigenvalue weighted by Crippen LogP contribution is -2.30. The number of rotatable bonds is 9. The molecule has 0 radical (unpaired) electrons. The first-order valence-electron chi connectivity index (χ1n) is 10.9. The number of carbonyl (C=O) groups excluding carboxylic acids is 2. The summed E-state index contributed by atoms with van der Waals surface area (Å²) in [4.78, 5) is 24.0. The fourth-order valence-corrected chi connectivity index (χ4v) is 2.99. The number of hydrogen-bond donors (Lipinski definition) is 1. The Hall–Kier alpha value is -3.08. The van der Waals surface area contributed by atoms with Crippen LogP contribution in [0.3, 0.4) is 0 Å². The summed E-state index contributed by atoms with van der Waals surface area (Å²) in [5.74, 6) is -0.226. The molecule has 1 N–H and O–H groups in total. The van der Waals surface area contributed by atoms with Crippen LogP contribution < -0.4 is 0 Å². The van der Waals surface area contributed by atoms with Crippen molar-refractivity contribution in [2.24, 2.45) is 0 Å². The van der Waals surface area contributed by atoms with E-state index >= 15 is 0 Å². The van der Waals surface area contributed by atoms with E-state index in [-0.39, 0.29) is 11.6 Å². The van der Waals surface area contributed by atoms with Gasteiger partial charge in [-0.1, -0.05) is 104 Å². The minimum atomic E-state index is -1.28. The van der Waals surface area contributed by atoms with Crippen LogP contribution in [0.25, 0.3) is 0 Å². The number of benzene rings is 3. The normalized spacial score (nSPS) is 11.8. The minimum absolute atomic E-state index is 0.0212. The maximum absolute atomic E-state index is 12.6. The van der Waals surface area contributed by atoms with E-state index in [0.717, 1.165) is 18.4 Å². The van der Waals surface area contributed by atoms with Crippen LogP contribution in [-0.2, 0) is 4.74 Å². The highest BCUT2D eigenvalue weighted by Gasteiger charge is 2.24. The highest BCUT2D eigenvalue weighted by molar-refractivity contribution is 6.01. The van der Waals surface area contributed by atoms with Gasteiger partial charge in [0.05, 0.1) is 0 Å². The molecule has 0 aliphatic rings. The van der Waals surface area contributed by atoms with Crippen LogP contribution in [0.1, 0.15) is 66.0 Å². The second-order valence-corrected chi connectivity index (χ2v) is 8.00. The van der Waals surface area contributed by atoms with Gasteiger partial charge in [-0.2, -0.15) is 0 Å². The van der Waals surface area contributed by atoms with E-state index in [9.17, 15) is 14.7 Å². The Balaban J connectivity index is 0.000000258. The fraction of sp³-hybridized carbons (Fsp3) is 0.286. The van der Waals surface area contributed by atoms with E-state index in [1.54, 1.807) is 24.3 Å². The number of carbonyl (C=O) groups is 2. The van der Waals surface area contributed by atoms with Gasteiger partial charge in [-0.25, -0.2) is 0 Å². The Morgan fingerprint density at radius 3 is 1.75 bits per heavy atom. The van der Waals surface area contributed by atoms with Crippen LogP contribution in [0.4, 0.5) is 0 Å². The summed E-state index contributed by atoms with van der Waals surface area (Å²) in [6.45, 7) is 5.69. The molecule has 0 saturated carbocycles. The monoisotopic (exact) mass is 432 g/mol. The molecule has 0 fully saturated rings. The molecule has 168 valence electrons. The molecule has 3 rings (SSSR count). The lowest BCUT2D eigenvalue weighted by Gasteiger charge is -2.17. The third-order valence-corrected chi connectivity index (χ3v) is 4.77. The summed E-state index contributed by atoms with van der Waals surface area (Å²) < 4.78 is 5.84. The molecule has 0 saturated heterocycles. The Morgan fingerprint density at radius 2 is 1.28 bits per heavy atom. The smallest absolute Gasteiger partial charge is 0.196 e. The van der Waals surface area contributed by atoms with Gasteiger partial charge < -0.3 is 9.84 Å². The van der Waals surface area contributed by atoms with E-state index in [1.807, 2.05) is 66.7 Å². The van der Waals surface area contributed by atoms with E-state index in [0.29, 0.717) is 17.7 Å². The number of ketones is 2. The van der Waals surface area contributed by atoms with Crippen molar-refractivity contribution in [3.63, 3.8) is 0 Å². The Labute approximate surface area is 190 Å². The number of unbranched alkanes of at least 4 members (excludes halogenated alkanes) is 1. The average Bonchev–Trinajstić information content (AvgIpc) is 2.82. The van der Waals surface area contributed by atoms with Crippen LogP contribution >= 0.6 is 0 Å².